The molecular weight excluding hydrogens is 319 g/mol. The summed E-state index contributed by atoms with van der Waals surface area (Å²) in [6, 6.07) is 7.69. The van der Waals surface area contributed by atoms with Crippen LogP contribution < -0.4 is 10.2 Å². The predicted molar refractivity (Wildman–Crippen MR) is 85.4 cm³/mol. The van der Waals surface area contributed by atoms with Gasteiger partial charge in [0.15, 0.2) is 10.7 Å². The van der Waals surface area contributed by atoms with Crippen molar-refractivity contribution in [2.45, 2.75) is 12.1 Å². The first-order valence-corrected chi connectivity index (χ1v) is 8.02. The fourth-order valence-corrected chi connectivity index (χ4v) is 3.13. The third-order valence-electron chi connectivity index (χ3n) is 3.83. The molecule has 1 N–H and O–H groups in total. The fourth-order valence-electron chi connectivity index (χ4n) is 2.61. The molecule has 1 aromatic carbocycles. The summed E-state index contributed by atoms with van der Waals surface area (Å²) in [6.07, 6.45) is 1.65. The van der Waals surface area contributed by atoms with E-state index in [4.69, 9.17) is 4.42 Å². The minimum atomic E-state index is -1.98. The van der Waals surface area contributed by atoms with Crippen LogP contribution in [0.5, 0.6) is 0 Å². The van der Waals surface area contributed by atoms with Crippen molar-refractivity contribution >= 4 is 39.5 Å². The molecule has 1 saturated heterocycles. The molecule has 1 unspecified atom stereocenters. The monoisotopic (exact) mass is 332 g/mol. The molecule has 6 nitrogen and oxygen atoms in total. The van der Waals surface area contributed by atoms with Gasteiger partial charge in [-0.3, -0.25) is 10.1 Å². The highest BCUT2D eigenvalue weighted by Crippen LogP contribution is 2.32. The number of alkyl halides is 1. The maximum Gasteiger partial charge on any atom is 0.298 e. The van der Waals surface area contributed by atoms with Gasteiger partial charge >= 0.3 is 0 Å². The van der Waals surface area contributed by atoms with Crippen LogP contribution in [0.3, 0.4) is 0 Å². The zero-order chi connectivity index (χ0) is 15.9. The number of rotatable bonds is 3. The zero-order valence-corrected chi connectivity index (χ0v) is 12.8. The predicted octanol–water partition coefficient (Wildman–Crippen LogP) is 2.84. The van der Waals surface area contributed by atoms with Gasteiger partial charge in [0.1, 0.15) is 5.52 Å². The second-order valence-corrected chi connectivity index (χ2v) is 6.29. The number of carbonyl (C=O) groups excluding carboxylic acids is 1. The minimum absolute atomic E-state index is 0.0862. The Hall–Kier alpha value is -2.48. The smallest absolute Gasteiger partial charge is 0.298 e. The van der Waals surface area contributed by atoms with Crippen molar-refractivity contribution in [3.63, 3.8) is 0 Å². The molecule has 1 amide bonds. The van der Waals surface area contributed by atoms with Crippen LogP contribution in [0.4, 0.5) is 15.5 Å². The molecular formula is C15H13FN4O2S. The standard InChI is InChI=1S/C15H13FN4O2S/c16-15(12(21)19-13-17-6-8-23-13)5-7-20(9-15)14-18-10-3-1-2-4-11(10)22-14/h1-4,6,8H,5,7,9H2,(H,17,19,21). The highest BCUT2D eigenvalue weighted by molar-refractivity contribution is 7.13. The molecule has 0 spiro atoms. The van der Waals surface area contributed by atoms with Gasteiger partial charge in [-0.05, 0) is 12.1 Å². The Morgan fingerprint density at radius 3 is 3.09 bits per heavy atom. The summed E-state index contributed by atoms with van der Waals surface area (Å²) in [4.78, 5) is 22.1. The van der Waals surface area contributed by atoms with Crippen molar-refractivity contribution in [1.82, 2.24) is 9.97 Å². The van der Waals surface area contributed by atoms with Crippen molar-refractivity contribution in [2.24, 2.45) is 0 Å². The average Bonchev–Trinajstić information content (AvgIpc) is 3.25. The Bertz CT molecular complexity index is 817. The lowest BCUT2D eigenvalue weighted by molar-refractivity contribution is -0.126. The van der Waals surface area contributed by atoms with E-state index in [0.29, 0.717) is 28.8 Å². The van der Waals surface area contributed by atoms with Crippen LogP contribution in [0.25, 0.3) is 11.1 Å². The molecule has 0 aliphatic carbocycles. The van der Waals surface area contributed by atoms with E-state index >= 15 is 0 Å². The molecule has 3 aromatic rings. The highest BCUT2D eigenvalue weighted by Gasteiger charge is 2.46. The van der Waals surface area contributed by atoms with E-state index < -0.39 is 11.6 Å². The Morgan fingerprint density at radius 2 is 2.30 bits per heavy atom. The molecule has 8 heteroatoms. The second kappa shape index (κ2) is 5.31. The summed E-state index contributed by atoms with van der Waals surface area (Å²) in [5.74, 6) is -0.675. The maximum absolute atomic E-state index is 14.9. The number of thiazole rings is 1. The van der Waals surface area contributed by atoms with Gasteiger partial charge in [-0.1, -0.05) is 12.1 Å². The summed E-state index contributed by atoms with van der Waals surface area (Å²) >= 11 is 1.25. The molecule has 1 fully saturated rings. The number of nitrogens with zero attached hydrogens (tertiary/aromatic N) is 3. The van der Waals surface area contributed by atoms with Gasteiger partial charge in [-0.25, -0.2) is 9.37 Å². The summed E-state index contributed by atoms with van der Waals surface area (Å²) in [5, 5.41) is 4.64. The van der Waals surface area contributed by atoms with Crippen LogP contribution in [0, 0.1) is 0 Å². The number of hydrogen-bond donors (Lipinski definition) is 1. The molecule has 0 radical (unpaired) electrons. The Balaban J connectivity index is 1.52. The van der Waals surface area contributed by atoms with Gasteiger partial charge in [0.05, 0.1) is 6.54 Å². The lowest BCUT2D eigenvalue weighted by Gasteiger charge is -2.18. The van der Waals surface area contributed by atoms with Crippen LogP contribution in [0.2, 0.25) is 0 Å². The normalized spacial score (nSPS) is 21.0. The lowest BCUT2D eigenvalue weighted by atomic mass is 10.1. The molecule has 0 bridgehead atoms. The van der Waals surface area contributed by atoms with Gasteiger partial charge in [0.2, 0.25) is 5.67 Å². The van der Waals surface area contributed by atoms with Crippen molar-refractivity contribution in [3.05, 3.63) is 35.8 Å². The van der Waals surface area contributed by atoms with Crippen molar-refractivity contribution in [3.8, 4) is 0 Å². The van der Waals surface area contributed by atoms with Gasteiger partial charge in [0.25, 0.3) is 11.9 Å². The number of anilines is 2. The number of amides is 1. The Kier molecular flexibility index (Phi) is 3.26. The third-order valence-corrected chi connectivity index (χ3v) is 4.52. The van der Waals surface area contributed by atoms with Crippen molar-refractivity contribution < 1.29 is 13.6 Å². The highest BCUT2D eigenvalue weighted by atomic mass is 32.1. The van der Waals surface area contributed by atoms with Crippen LogP contribution >= 0.6 is 11.3 Å². The van der Waals surface area contributed by atoms with E-state index in [1.54, 1.807) is 22.5 Å². The third kappa shape index (κ3) is 2.55. The zero-order valence-electron chi connectivity index (χ0n) is 12.0. The molecule has 0 saturated carbocycles. The van der Waals surface area contributed by atoms with Gasteiger partial charge in [-0.2, -0.15) is 4.98 Å². The van der Waals surface area contributed by atoms with Crippen molar-refractivity contribution in [1.29, 1.82) is 0 Å². The largest absolute Gasteiger partial charge is 0.423 e. The van der Waals surface area contributed by atoms with Gasteiger partial charge in [0, 0.05) is 24.5 Å². The average molecular weight is 332 g/mol. The Labute approximate surface area is 134 Å². The first-order valence-electron chi connectivity index (χ1n) is 7.14. The van der Waals surface area contributed by atoms with Gasteiger partial charge < -0.3 is 9.32 Å². The Morgan fingerprint density at radius 1 is 1.43 bits per heavy atom. The molecule has 3 heterocycles. The summed E-state index contributed by atoms with van der Waals surface area (Å²) in [7, 11) is 0. The molecule has 1 aliphatic heterocycles. The maximum atomic E-state index is 14.9. The van der Waals surface area contributed by atoms with Crippen LogP contribution in [0.1, 0.15) is 6.42 Å². The summed E-state index contributed by atoms with van der Waals surface area (Å²) in [5.41, 5.74) is -0.621. The van der Waals surface area contributed by atoms with E-state index in [9.17, 15) is 9.18 Å². The first kappa shape index (κ1) is 14.1. The molecule has 118 valence electrons. The second-order valence-electron chi connectivity index (χ2n) is 5.39. The minimum Gasteiger partial charge on any atom is -0.423 e. The van der Waals surface area contributed by atoms with E-state index in [2.05, 4.69) is 15.3 Å². The molecule has 4 rings (SSSR count). The molecule has 1 aliphatic rings. The number of nitrogens with one attached hydrogen (secondary N) is 1. The van der Waals surface area contributed by atoms with E-state index in [-0.39, 0.29) is 13.0 Å². The number of carbonyl (C=O) groups is 1. The number of aromatic nitrogens is 2. The summed E-state index contributed by atoms with van der Waals surface area (Å²) in [6.45, 7) is 0.283. The quantitative estimate of drug-likeness (QED) is 0.798. The SMILES string of the molecule is O=C(Nc1nccs1)C1(F)CCN(c2nc3ccccc3o2)C1. The molecule has 23 heavy (non-hydrogen) atoms. The number of para-hydroxylation sites is 2. The fraction of sp³-hybridized carbons (Fsp3) is 0.267. The van der Waals surface area contributed by atoms with E-state index in [0.717, 1.165) is 0 Å². The lowest BCUT2D eigenvalue weighted by Crippen LogP contribution is -2.41. The number of oxazole rings is 1. The number of fused-ring (bicyclic) bond motifs is 1. The summed E-state index contributed by atoms with van der Waals surface area (Å²) < 4.78 is 20.6. The number of hydrogen-bond acceptors (Lipinski definition) is 6. The van der Waals surface area contributed by atoms with E-state index in [1.165, 1.54) is 11.3 Å². The van der Waals surface area contributed by atoms with Crippen molar-refractivity contribution in [2.75, 3.05) is 23.3 Å². The van der Waals surface area contributed by atoms with Crippen LogP contribution in [-0.2, 0) is 4.79 Å². The first-order chi connectivity index (χ1) is 11.1. The number of halogens is 1. The van der Waals surface area contributed by atoms with Crippen LogP contribution in [0.15, 0.2) is 40.3 Å². The molecule has 1 atom stereocenters. The van der Waals surface area contributed by atoms with E-state index in [1.807, 2.05) is 18.2 Å². The van der Waals surface area contributed by atoms with Gasteiger partial charge in [-0.15, -0.1) is 11.3 Å². The topological polar surface area (TPSA) is 71.3 Å². The van der Waals surface area contributed by atoms with Crippen LogP contribution in [-0.4, -0.2) is 34.6 Å². The molecule has 2 aromatic heterocycles. The number of benzene rings is 1.